The third kappa shape index (κ3) is 3.22. The summed E-state index contributed by atoms with van der Waals surface area (Å²) in [6, 6.07) is 6.12. The smallest absolute Gasteiger partial charge is 0.0931 e. The minimum absolute atomic E-state index is 0.837. The van der Waals surface area contributed by atoms with Crippen molar-refractivity contribution in [2.45, 2.75) is 6.54 Å². The lowest BCUT2D eigenvalue weighted by Crippen LogP contribution is -2.26. The molecule has 0 spiro atoms. The number of rotatable bonds is 5. The van der Waals surface area contributed by atoms with Gasteiger partial charge in [-0.15, -0.1) is 0 Å². The highest BCUT2D eigenvalue weighted by Gasteiger charge is 2.01. The molecular formula is C13H18N4. The van der Waals surface area contributed by atoms with E-state index in [-0.39, 0.29) is 0 Å². The van der Waals surface area contributed by atoms with Crippen LogP contribution < -0.4 is 5.32 Å². The van der Waals surface area contributed by atoms with Crippen molar-refractivity contribution in [3.05, 3.63) is 36.2 Å². The first kappa shape index (κ1) is 12.0. The predicted octanol–water partition coefficient (Wildman–Crippen LogP) is 1.28. The maximum Gasteiger partial charge on any atom is 0.0931 e. The second-order valence-electron chi connectivity index (χ2n) is 4.32. The SMILES string of the molecule is CN(C)CCNCc1cccc2nccnc12. The highest BCUT2D eigenvalue weighted by atomic mass is 15.1. The van der Waals surface area contributed by atoms with Gasteiger partial charge in [-0.25, -0.2) is 0 Å². The fourth-order valence-corrected chi connectivity index (χ4v) is 1.72. The van der Waals surface area contributed by atoms with Crippen LogP contribution in [0.15, 0.2) is 30.6 Å². The van der Waals surface area contributed by atoms with Gasteiger partial charge in [0.1, 0.15) is 0 Å². The van der Waals surface area contributed by atoms with Gasteiger partial charge in [-0.3, -0.25) is 9.97 Å². The summed E-state index contributed by atoms with van der Waals surface area (Å²) in [5.74, 6) is 0. The molecule has 0 saturated carbocycles. The highest BCUT2D eigenvalue weighted by molar-refractivity contribution is 5.77. The van der Waals surface area contributed by atoms with Gasteiger partial charge in [-0.2, -0.15) is 0 Å². The minimum Gasteiger partial charge on any atom is -0.311 e. The summed E-state index contributed by atoms with van der Waals surface area (Å²) in [6.07, 6.45) is 3.47. The van der Waals surface area contributed by atoms with Gasteiger partial charge in [0, 0.05) is 32.0 Å². The average Bonchev–Trinajstić information content (AvgIpc) is 2.34. The van der Waals surface area contributed by atoms with E-state index in [1.54, 1.807) is 12.4 Å². The molecular weight excluding hydrogens is 212 g/mol. The van der Waals surface area contributed by atoms with Gasteiger partial charge in [-0.1, -0.05) is 12.1 Å². The number of hydrogen-bond acceptors (Lipinski definition) is 4. The van der Waals surface area contributed by atoms with Crippen LogP contribution in [-0.4, -0.2) is 42.1 Å². The van der Waals surface area contributed by atoms with Crippen LogP contribution in [0.3, 0.4) is 0 Å². The van der Waals surface area contributed by atoms with Gasteiger partial charge in [-0.05, 0) is 25.7 Å². The molecule has 0 amide bonds. The van der Waals surface area contributed by atoms with Crippen LogP contribution in [0.1, 0.15) is 5.56 Å². The van der Waals surface area contributed by atoms with Crippen molar-refractivity contribution >= 4 is 11.0 Å². The Balaban J connectivity index is 2.03. The fraction of sp³-hybridized carbons (Fsp3) is 0.385. The van der Waals surface area contributed by atoms with E-state index >= 15 is 0 Å². The standard InChI is InChI=1S/C13H18N4/c1-17(2)9-8-14-10-11-4-3-5-12-13(11)16-7-6-15-12/h3-7,14H,8-10H2,1-2H3. The summed E-state index contributed by atoms with van der Waals surface area (Å²) < 4.78 is 0. The molecule has 0 aliphatic carbocycles. The third-order valence-electron chi connectivity index (χ3n) is 2.63. The summed E-state index contributed by atoms with van der Waals surface area (Å²) in [4.78, 5) is 10.8. The second-order valence-corrected chi connectivity index (χ2v) is 4.32. The van der Waals surface area contributed by atoms with E-state index < -0.39 is 0 Å². The summed E-state index contributed by atoms with van der Waals surface area (Å²) in [5, 5.41) is 3.42. The maximum atomic E-state index is 4.38. The molecule has 0 unspecified atom stereocenters. The van der Waals surface area contributed by atoms with Crippen molar-refractivity contribution in [1.29, 1.82) is 0 Å². The van der Waals surface area contributed by atoms with Gasteiger partial charge >= 0.3 is 0 Å². The molecule has 17 heavy (non-hydrogen) atoms. The molecule has 2 rings (SSSR count). The van der Waals surface area contributed by atoms with Gasteiger partial charge < -0.3 is 10.2 Å². The quantitative estimate of drug-likeness (QED) is 0.786. The Hall–Kier alpha value is -1.52. The van der Waals surface area contributed by atoms with Crippen LogP contribution in [0.4, 0.5) is 0 Å². The number of aromatic nitrogens is 2. The zero-order chi connectivity index (χ0) is 12.1. The molecule has 0 aliphatic heterocycles. The Labute approximate surface area is 102 Å². The van der Waals surface area contributed by atoms with Crippen LogP contribution in [0.25, 0.3) is 11.0 Å². The molecule has 0 fully saturated rings. The second kappa shape index (κ2) is 5.70. The molecule has 0 saturated heterocycles. The fourth-order valence-electron chi connectivity index (χ4n) is 1.72. The Bertz CT molecular complexity index is 476. The maximum absolute atomic E-state index is 4.38. The molecule has 0 atom stereocenters. The number of benzene rings is 1. The average molecular weight is 230 g/mol. The summed E-state index contributed by atoms with van der Waals surface area (Å²) in [5.41, 5.74) is 3.15. The lowest BCUT2D eigenvalue weighted by molar-refractivity contribution is 0.400. The Morgan fingerprint density at radius 3 is 2.82 bits per heavy atom. The van der Waals surface area contributed by atoms with E-state index in [2.05, 4.69) is 40.3 Å². The van der Waals surface area contributed by atoms with Gasteiger partial charge in [0.25, 0.3) is 0 Å². The Morgan fingerprint density at radius 2 is 2.00 bits per heavy atom. The number of nitrogens with one attached hydrogen (secondary N) is 1. The molecule has 1 aromatic carbocycles. The zero-order valence-corrected chi connectivity index (χ0v) is 10.3. The monoisotopic (exact) mass is 230 g/mol. The van der Waals surface area contributed by atoms with Gasteiger partial charge in [0.2, 0.25) is 0 Å². The molecule has 0 radical (unpaired) electrons. The Morgan fingerprint density at radius 1 is 1.18 bits per heavy atom. The number of fused-ring (bicyclic) bond motifs is 1. The number of nitrogens with zero attached hydrogens (tertiary/aromatic N) is 3. The van der Waals surface area contributed by atoms with Gasteiger partial charge in [0.15, 0.2) is 0 Å². The molecule has 1 aromatic heterocycles. The lowest BCUT2D eigenvalue weighted by atomic mass is 10.1. The lowest BCUT2D eigenvalue weighted by Gasteiger charge is -2.11. The van der Waals surface area contributed by atoms with E-state index in [0.29, 0.717) is 0 Å². The largest absolute Gasteiger partial charge is 0.311 e. The Kier molecular flexibility index (Phi) is 4.01. The number of hydrogen-bond donors (Lipinski definition) is 1. The van der Waals surface area contributed by atoms with E-state index in [4.69, 9.17) is 0 Å². The minimum atomic E-state index is 0.837. The van der Waals surface area contributed by atoms with E-state index in [0.717, 1.165) is 30.7 Å². The molecule has 1 N–H and O–H groups in total. The van der Waals surface area contributed by atoms with Crippen LogP contribution in [0.5, 0.6) is 0 Å². The van der Waals surface area contributed by atoms with Crippen molar-refractivity contribution in [1.82, 2.24) is 20.2 Å². The first-order chi connectivity index (χ1) is 8.27. The van der Waals surface area contributed by atoms with Crippen LogP contribution in [0, 0.1) is 0 Å². The zero-order valence-electron chi connectivity index (χ0n) is 10.3. The van der Waals surface area contributed by atoms with Crippen molar-refractivity contribution in [2.75, 3.05) is 27.2 Å². The molecule has 4 nitrogen and oxygen atoms in total. The summed E-state index contributed by atoms with van der Waals surface area (Å²) in [6.45, 7) is 2.85. The summed E-state index contributed by atoms with van der Waals surface area (Å²) in [7, 11) is 4.15. The summed E-state index contributed by atoms with van der Waals surface area (Å²) >= 11 is 0. The third-order valence-corrected chi connectivity index (χ3v) is 2.63. The molecule has 1 heterocycles. The molecule has 4 heteroatoms. The van der Waals surface area contributed by atoms with E-state index in [1.165, 1.54) is 5.56 Å². The first-order valence-corrected chi connectivity index (χ1v) is 5.81. The highest BCUT2D eigenvalue weighted by Crippen LogP contribution is 2.13. The topological polar surface area (TPSA) is 41.0 Å². The number of para-hydroxylation sites is 1. The number of likely N-dealkylation sites (N-methyl/N-ethyl adjacent to an activating group) is 1. The molecule has 0 bridgehead atoms. The van der Waals surface area contributed by atoms with E-state index in [9.17, 15) is 0 Å². The molecule has 2 aromatic rings. The van der Waals surface area contributed by atoms with Crippen LogP contribution in [0.2, 0.25) is 0 Å². The van der Waals surface area contributed by atoms with Crippen LogP contribution in [-0.2, 0) is 6.54 Å². The normalized spacial score (nSPS) is 11.2. The van der Waals surface area contributed by atoms with Crippen molar-refractivity contribution in [3.63, 3.8) is 0 Å². The van der Waals surface area contributed by atoms with Crippen molar-refractivity contribution in [2.24, 2.45) is 0 Å². The van der Waals surface area contributed by atoms with E-state index in [1.807, 2.05) is 12.1 Å². The molecule has 90 valence electrons. The molecule has 0 aliphatic rings. The van der Waals surface area contributed by atoms with Gasteiger partial charge in [0.05, 0.1) is 11.0 Å². The van der Waals surface area contributed by atoms with Crippen molar-refractivity contribution in [3.8, 4) is 0 Å². The van der Waals surface area contributed by atoms with Crippen LogP contribution >= 0.6 is 0 Å². The van der Waals surface area contributed by atoms with Crippen molar-refractivity contribution < 1.29 is 0 Å². The predicted molar refractivity (Wildman–Crippen MR) is 69.8 cm³/mol. The first-order valence-electron chi connectivity index (χ1n) is 5.81.